The van der Waals surface area contributed by atoms with Crippen molar-refractivity contribution in [1.29, 1.82) is 0 Å². The molecule has 0 bridgehead atoms. The first-order valence-corrected chi connectivity index (χ1v) is 9.39. The first-order valence-electron chi connectivity index (χ1n) is 7.03. The maximum Gasteiger partial charge on any atom is 0.263 e. The van der Waals surface area contributed by atoms with Crippen LogP contribution in [-0.4, -0.2) is 10.2 Å². The highest BCUT2D eigenvalue weighted by atomic mass is 35.5. The second kappa shape index (κ2) is 7.98. The van der Waals surface area contributed by atoms with Crippen LogP contribution in [-0.2, 0) is 11.4 Å². The average Bonchev–Trinajstić information content (AvgIpc) is 2.85. The van der Waals surface area contributed by atoms with Crippen molar-refractivity contribution in [2.75, 3.05) is 0 Å². The SMILES string of the molecule is O=C1NC(=S)S/C1=C\c1cc(Cl)ccc1OCc1ccc(Cl)cc1Cl. The molecule has 1 N–H and O–H groups in total. The van der Waals surface area contributed by atoms with Gasteiger partial charge in [0.05, 0.1) is 4.91 Å². The number of nitrogens with one attached hydrogen (secondary N) is 1. The third-order valence-electron chi connectivity index (χ3n) is 3.30. The number of benzene rings is 2. The molecule has 25 heavy (non-hydrogen) atoms. The quantitative estimate of drug-likeness (QED) is 0.498. The van der Waals surface area contributed by atoms with Crippen molar-refractivity contribution < 1.29 is 9.53 Å². The Bertz CT molecular complexity index is 899. The van der Waals surface area contributed by atoms with Crippen molar-refractivity contribution in [2.45, 2.75) is 6.61 Å². The van der Waals surface area contributed by atoms with Crippen molar-refractivity contribution in [2.24, 2.45) is 0 Å². The van der Waals surface area contributed by atoms with Gasteiger partial charge in [0.2, 0.25) is 0 Å². The molecule has 2 aromatic rings. The van der Waals surface area contributed by atoms with E-state index in [-0.39, 0.29) is 12.5 Å². The number of carbonyl (C=O) groups is 1. The average molecular weight is 431 g/mol. The minimum absolute atomic E-state index is 0.235. The van der Waals surface area contributed by atoms with Gasteiger partial charge in [0, 0.05) is 26.2 Å². The predicted molar refractivity (Wildman–Crippen MR) is 109 cm³/mol. The van der Waals surface area contributed by atoms with Crippen LogP contribution in [0.4, 0.5) is 0 Å². The van der Waals surface area contributed by atoms with E-state index in [1.54, 1.807) is 42.5 Å². The van der Waals surface area contributed by atoms with Gasteiger partial charge in [-0.25, -0.2) is 0 Å². The highest BCUT2D eigenvalue weighted by Gasteiger charge is 2.22. The van der Waals surface area contributed by atoms with Crippen LogP contribution in [0.5, 0.6) is 5.75 Å². The largest absolute Gasteiger partial charge is 0.488 e. The Hall–Kier alpha value is -1.24. The summed E-state index contributed by atoms with van der Waals surface area (Å²) in [5.74, 6) is 0.343. The lowest BCUT2D eigenvalue weighted by molar-refractivity contribution is -0.115. The number of thiocarbonyl (C=S) groups is 1. The van der Waals surface area contributed by atoms with Crippen molar-refractivity contribution in [3.63, 3.8) is 0 Å². The number of ether oxygens (including phenoxy) is 1. The van der Waals surface area contributed by atoms with Gasteiger partial charge in [0.25, 0.3) is 5.91 Å². The van der Waals surface area contributed by atoms with Gasteiger partial charge in [-0.2, -0.15) is 0 Å². The molecule has 1 fully saturated rings. The monoisotopic (exact) mass is 429 g/mol. The van der Waals surface area contributed by atoms with Crippen LogP contribution in [0.25, 0.3) is 6.08 Å². The molecule has 3 rings (SSSR count). The normalized spacial score (nSPS) is 15.6. The van der Waals surface area contributed by atoms with E-state index in [0.717, 1.165) is 5.56 Å². The van der Waals surface area contributed by atoms with E-state index in [1.165, 1.54) is 11.8 Å². The van der Waals surface area contributed by atoms with Crippen LogP contribution in [0, 0.1) is 0 Å². The van der Waals surface area contributed by atoms with Gasteiger partial charge in [0.15, 0.2) is 0 Å². The fourth-order valence-electron chi connectivity index (χ4n) is 2.12. The van der Waals surface area contributed by atoms with Crippen LogP contribution in [0.2, 0.25) is 15.1 Å². The van der Waals surface area contributed by atoms with Crippen molar-refractivity contribution in [1.82, 2.24) is 5.32 Å². The van der Waals surface area contributed by atoms with Crippen LogP contribution in [0.3, 0.4) is 0 Å². The second-order valence-corrected chi connectivity index (χ2v) is 8.06. The number of halogens is 3. The van der Waals surface area contributed by atoms with Crippen molar-refractivity contribution >= 4 is 75.1 Å². The molecule has 0 radical (unpaired) electrons. The fourth-order valence-corrected chi connectivity index (χ4v) is 3.80. The number of carbonyl (C=O) groups excluding carboxylic acids is 1. The molecule has 128 valence electrons. The molecule has 0 saturated carbocycles. The van der Waals surface area contributed by atoms with Crippen molar-refractivity contribution in [3.8, 4) is 5.75 Å². The first kappa shape index (κ1) is 18.5. The molecule has 0 spiro atoms. The fraction of sp³-hybridized carbons (Fsp3) is 0.0588. The van der Waals surface area contributed by atoms with Crippen LogP contribution >= 0.6 is 58.8 Å². The minimum atomic E-state index is -0.235. The summed E-state index contributed by atoms with van der Waals surface area (Å²) in [6, 6.07) is 10.4. The van der Waals surface area contributed by atoms with Crippen LogP contribution < -0.4 is 10.1 Å². The van der Waals surface area contributed by atoms with Gasteiger partial charge >= 0.3 is 0 Å². The van der Waals surface area contributed by atoms with Gasteiger partial charge in [-0.05, 0) is 36.4 Å². The lowest BCUT2D eigenvalue weighted by Crippen LogP contribution is -2.17. The molecular weight excluding hydrogens is 421 g/mol. The Morgan fingerprint density at radius 3 is 2.52 bits per heavy atom. The summed E-state index contributed by atoms with van der Waals surface area (Å²) >= 11 is 24.3. The number of amides is 1. The number of hydrogen-bond donors (Lipinski definition) is 1. The number of rotatable bonds is 4. The van der Waals surface area contributed by atoms with E-state index in [0.29, 0.717) is 35.6 Å². The number of hydrogen-bond acceptors (Lipinski definition) is 4. The smallest absolute Gasteiger partial charge is 0.263 e. The zero-order valence-electron chi connectivity index (χ0n) is 12.5. The summed E-state index contributed by atoms with van der Waals surface area (Å²) in [4.78, 5) is 12.3. The van der Waals surface area contributed by atoms with Crippen molar-refractivity contribution in [3.05, 3.63) is 67.5 Å². The summed E-state index contributed by atoms with van der Waals surface area (Å²) in [5, 5.41) is 4.20. The molecule has 0 unspecified atom stereocenters. The molecular formula is C17H10Cl3NO2S2. The zero-order chi connectivity index (χ0) is 18.0. The molecule has 1 amide bonds. The van der Waals surface area contributed by atoms with E-state index < -0.39 is 0 Å². The molecule has 8 heteroatoms. The molecule has 1 aliphatic rings. The molecule has 1 heterocycles. The van der Waals surface area contributed by atoms with Crippen LogP contribution in [0.15, 0.2) is 41.3 Å². The van der Waals surface area contributed by atoms with Gasteiger partial charge in [-0.15, -0.1) is 0 Å². The van der Waals surface area contributed by atoms with Crippen LogP contribution in [0.1, 0.15) is 11.1 Å². The summed E-state index contributed by atoms with van der Waals surface area (Å²) < 4.78 is 6.29. The third-order valence-corrected chi connectivity index (χ3v) is 5.28. The maximum atomic E-state index is 11.8. The van der Waals surface area contributed by atoms with E-state index in [2.05, 4.69) is 5.32 Å². The molecule has 1 aliphatic heterocycles. The second-order valence-electron chi connectivity index (χ2n) is 5.06. The molecule has 0 atom stereocenters. The van der Waals surface area contributed by atoms with Gasteiger partial charge < -0.3 is 10.1 Å². The summed E-state index contributed by atoms with van der Waals surface area (Å²) in [6.07, 6.45) is 1.70. The lowest BCUT2D eigenvalue weighted by Gasteiger charge is -2.11. The Morgan fingerprint density at radius 2 is 1.84 bits per heavy atom. The lowest BCUT2D eigenvalue weighted by atomic mass is 10.1. The summed E-state index contributed by atoms with van der Waals surface area (Å²) in [5.41, 5.74) is 1.48. The van der Waals surface area contributed by atoms with E-state index >= 15 is 0 Å². The highest BCUT2D eigenvalue weighted by molar-refractivity contribution is 8.26. The number of thioether (sulfide) groups is 1. The Labute approximate surface area is 169 Å². The Morgan fingerprint density at radius 1 is 1.12 bits per heavy atom. The molecule has 0 aromatic heterocycles. The predicted octanol–water partition coefficient (Wildman–Crippen LogP) is 5.71. The molecule has 1 saturated heterocycles. The Kier molecular flexibility index (Phi) is 5.92. The highest BCUT2D eigenvalue weighted by Crippen LogP contribution is 2.32. The Balaban J connectivity index is 1.85. The first-order chi connectivity index (χ1) is 11.9. The van der Waals surface area contributed by atoms with E-state index in [4.69, 9.17) is 51.8 Å². The molecule has 0 aliphatic carbocycles. The summed E-state index contributed by atoms with van der Waals surface area (Å²) in [6.45, 7) is 0.256. The third kappa shape index (κ3) is 4.68. The topological polar surface area (TPSA) is 38.3 Å². The van der Waals surface area contributed by atoms with E-state index in [9.17, 15) is 4.79 Å². The van der Waals surface area contributed by atoms with Gasteiger partial charge in [-0.1, -0.05) is 64.8 Å². The van der Waals surface area contributed by atoms with Gasteiger partial charge in [0.1, 0.15) is 16.7 Å². The van der Waals surface area contributed by atoms with E-state index in [1.807, 2.05) is 0 Å². The standard InChI is InChI=1S/C17H10Cl3NO2S2/c18-11-3-4-14(23-8-9-1-2-12(19)7-13(9)20)10(5-11)6-15-16(22)21-17(24)25-15/h1-7H,8H2,(H,21,22,24)/b15-6-. The molecule has 2 aromatic carbocycles. The molecule has 3 nitrogen and oxygen atoms in total. The zero-order valence-corrected chi connectivity index (χ0v) is 16.4. The van der Waals surface area contributed by atoms with Gasteiger partial charge in [-0.3, -0.25) is 4.79 Å². The summed E-state index contributed by atoms with van der Waals surface area (Å²) in [7, 11) is 0. The maximum absolute atomic E-state index is 11.8. The minimum Gasteiger partial charge on any atom is -0.488 e.